The van der Waals surface area contributed by atoms with Gasteiger partial charge < -0.3 is 10.6 Å². The van der Waals surface area contributed by atoms with Gasteiger partial charge in [-0.1, -0.05) is 6.42 Å². The molecule has 0 bridgehead atoms. The second-order valence-corrected chi connectivity index (χ2v) is 9.37. The first kappa shape index (κ1) is 19.5. The average molecular weight is 360 g/mol. The SMILES string of the molecule is CN=C(NCCN1CCCS1(=O)=O)NCC(C)(C)N1CCCCC1. The zero-order chi connectivity index (χ0) is 17.6. The quantitative estimate of drug-likeness (QED) is 0.532. The van der Waals surface area contributed by atoms with Crippen LogP contribution in [0.4, 0.5) is 0 Å². The molecule has 0 aromatic carbocycles. The molecule has 2 aliphatic heterocycles. The Bertz CT molecular complexity index is 527. The molecule has 2 saturated heterocycles. The summed E-state index contributed by atoms with van der Waals surface area (Å²) in [5.41, 5.74) is 0.0797. The molecule has 24 heavy (non-hydrogen) atoms. The number of piperidine rings is 1. The van der Waals surface area contributed by atoms with Crippen LogP contribution in [0.2, 0.25) is 0 Å². The molecule has 2 rings (SSSR count). The molecular weight excluding hydrogens is 326 g/mol. The molecule has 0 aromatic heterocycles. The van der Waals surface area contributed by atoms with Crippen LogP contribution in [0.1, 0.15) is 39.5 Å². The molecule has 8 heteroatoms. The molecular formula is C16H33N5O2S. The van der Waals surface area contributed by atoms with E-state index in [1.807, 2.05) is 0 Å². The largest absolute Gasteiger partial charge is 0.355 e. The highest BCUT2D eigenvalue weighted by Crippen LogP contribution is 2.19. The smallest absolute Gasteiger partial charge is 0.214 e. The predicted octanol–water partition coefficient (Wildman–Crippen LogP) is 0.451. The van der Waals surface area contributed by atoms with E-state index in [1.54, 1.807) is 11.4 Å². The van der Waals surface area contributed by atoms with Gasteiger partial charge in [0.05, 0.1) is 5.75 Å². The third kappa shape index (κ3) is 5.32. The molecule has 2 fully saturated rings. The number of sulfonamides is 1. The van der Waals surface area contributed by atoms with Crippen LogP contribution < -0.4 is 10.6 Å². The Kier molecular flexibility index (Phi) is 6.88. The summed E-state index contributed by atoms with van der Waals surface area (Å²) in [5.74, 6) is 1.01. The van der Waals surface area contributed by atoms with Gasteiger partial charge in [0, 0.05) is 38.8 Å². The summed E-state index contributed by atoms with van der Waals surface area (Å²) >= 11 is 0. The highest BCUT2D eigenvalue weighted by Gasteiger charge is 2.29. The number of nitrogens with one attached hydrogen (secondary N) is 2. The molecule has 2 heterocycles. The van der Waals surface area contributed by atoms with E-state index in [2.05, 4.69) is 34.4 Å². The van der Waals surface area contributed by atoms with Gasteiger partial charge in [0.25, 0.3) is 0 Å². The van der Waals surface area contributed by atoms with E-state index in [1.165, 1.54) is 19.3 Å². The van der Waals surface area contributed by atoms with Gasteiger partial charge in [-0.25, -0.2) is 12.7 Å². The zero-order valence-corrected chi connectivity index (χ0v) is 16.2. The lowest BCUT2D eigenvalue weighted by atomic mass is 9.98. The third-order valence-corrected chi connectivity index (χ3v) is 6.94. The summed E-state index contributed by atoms with van der Waals surface area (Å²) in [6.07, 6.45) is 4.63. The first-order chi connectivity index (χ1) is 11.3. The van der Waals surface area contributed by atoms with Crippen LogP contribution in [0, 0.1) is 0 Å². The number of hydrogen-bond acceptors (Lipinski definition) is 4. The van der Waals surface area contributed by atoms with E-state index >= 15 is 0 Å². The van der Waals surface area contributed by atoms with Gasteiger partial charge >= 0.3 is 0 Å². The number of aliphatic imine (C=N–C) groups is 1. The second-order valence-electron chi connectivity index (χ2n) is 7.28. The first-order valence-corrected chi connectivity index (χ1v) is 10.6. The summed E-state index contributed by atoms with van der Waals surface area (Å²) in [7, 11) is -1.27. The predicted molar refractivity (Wildman–Crippen MR) is 98.8 cm³/mol. The van der Waals surface area contributed by atoms with Crippen LogP contribution in [-0.4, -0.2) is 81.2 Å². The van der Waals surface area contributed by atoms with E-state index in [9.17, 15) is 8.42 Å². The molecule has 0 saturated carbocycles. The normalized spacial score (nSPS) is 23.4. The van der Waals surface area contributed by atoms with Crippen molar-refractivity contribution in [3.8, 4) is 0 Å². The number of likely N-dealkylation sites (tertiary alicyclic amines) is 1. The van der Waals surface area contributed by atoms with Gasteiger partial charge in [-0.3, -0.25) is 9.89 Å². The fourth-order valence-electron chi connectivity index (χ4n) is 3.37. The van der Waals surface area contributed by atoms with Gasteiger partial charge in [-0.2, -0.15) is 0 Å². The van der Waals surface area contributed by atoms with Crippen LogP contribution in [0.3, 0.4) is 0 Å². The number of guanidine groups is 1. The average Bonchev–Trinajstić information content (AvgIpc) is 2.90. The van der Waals surface area contributed by atoms with Gasteiger partial charge in [0.1, 0.15) is 0 Å². The van der Waals surface area contributed by atoms with Gasteiger partial charge in [0.2, 0.25) is 10.0 Å². The van der Waals surface area contributed by atoms with E-state index in [0.717, 1.165) is 32.0 Å². The van der Waals surface area contributed by atoms with Crippen molar-refractivity contribution >= 4 is 16.0 Å². The summed E-state index contributed by atoms with van der Waals surface area (Å²) in [5, 5.41) is 6.61. The summed E-state index contributed by atoms with van der Waals surface area (Å²) in [6, 6.07) is 0. The first-order valence-electron chi connectivity index (χ1n) is 9.02. The Morgan fingerprint density at radius 1 is 1.08 bits per heavy atom. The molecule has 0 spiro atoms. The van der Waals surface area contributed by atoms with Crippen molar-refractivity contribution in [3.63, 3.8) is 0 Å². The van der Waals surface area contributed by atoms with Crippen molar-refractivity contribution in [2.45, 2.75) is 45.1 Å². The fourth-order valence-corrected chi connectivity index (χ4v) is 4.90. The highest BCUT2D eigenvalue weighted by molar-refractivity contribution is 7.89. The van der Waals surface area contributed by atoms with Crippen molar-refractivity contribution in [3.05, 3.63) is 0 Å². The number of nitrogens with zero attached hydrogens (tertiary/aromatic N) is 3. The van der Waals surface area contributed by atoms with Crippen LogP contribution in [0.25, 0.3) is 0 Å². The van der Waals surface area contributed by atoms with Gasteiger partial charge in [-0.15, -0.1) is 0 Å². The molecule has 7 nitrogen and oxygen atoms in total. The van der Waals surface area contributed by atoms with Gasteiger partial charge in [-0.05, 0) is 46.2 Å². The maximum Gasteiger partial charge on any atom is 0.214 e. The third-order valence-electron chi connectivity index (χ3n) is 4.98. The molecule has 0 radical (unpaired) electrons. The Labute approximate surface area is 146 Å². The van der Waals surface area contributed by atoms with Crippen LogP contribution in [-0.2, 0) is 10.0 Å². The van der Waals surface area contributed by atoms with E-state index in [4.69, 9.17) is 0 Å². The Morgan fingerprint density at radius 2 is 1.79 bits per heavy atom. The molecule has 0 amide bonds. The lowest BCUT2D eigenvalue weighted by Gasteiger charge is -2.41. The van der Waals surface area contributed by atoms with E-state index in [-0.39, 0.29) is 11.3 Å². The summed E-state index contributed by atoms with van der Waals surface area (Å²) in [6.45, 7) is 9.36. The van der Waals surface area contributed by atoms with Crippen LogP contribution in [0.15, 0.2) is 4.99 Å². The van der Waals surface area contributed by atoms with Crippen molar-refractivity contribution in [1.29, 1.82) is 0 Å². The molecule has 2 N–H and O–H groups in total. The maximum absolute atomic E-state index is 11.8. The number of hydrogen-bond donors (Lipinski definition) is 2. The van der Waals surface area contributed by atoms with E-state index in [0.29, 0.717) is 19.6 Å². The van der Waals surface area contributed by atoms with Crippen molar-refractivity contribution in [1.82, 2.24) is 19.8 Å². The summed E-state index contributed by atoms with van der Waals surface area (Å²) in [4.78, 5) is 6.78. The number of rotatable bonds is 6. The standard InChI is InChI=1S/C16H33N5O2S/c1-16(2,20-9-5-4-6-10-20)14-19-15(17-3)18-8-12-21-11-7-13-24(21,22)23/h4-14H2,1-3H3,(H2,17,18,19). The zero-order valence-electron chi connectivity index (χ0n) is 15.3. The molecule has 0 unspecified atom stereocenters. The fraction of sp³-hybridized carbons (Fsp3) is 0.938. The van der Waals surface area contributed by atoms with Crippen molar-refractivity contribution < 1.29 is 8.42 Å². The topological polar surface area (TPSA) is 77.0 Å². The minimum Gasteiger partial charge on any atom is -0.355 e. The Hall–Kier alpha value is -0.860. The van der Waals surface area contributed by atoms with Crippen molar-refractivity contribution in [2.24, 2.45) is 4.99 Å². The van der Waals surface area contributed by atoms with Crippen LogP contribution >= 0.6 is 0 Å². The summed E-state index contributed by atoms with van der Waals surface area (Å²) < 4.78 is 25.1. The van der Waals surface area contributed by atoms with Crippen molar-refractivity contribution in [2.75, 3.05) is 52.1 Å². The lowest BCUT2D eigenvalue weighted by Crippen LogP contribution is -2.55. The minimum atomic E-state index is -3.02. The maximum atomic E-state index is 11.8. The molecule has 0 atom stereocenters. The minimum absolute atomic E-state index is 0.0797. The molecule has 0 aliphatic carbocycles. The Morgan fingerprint density at radius 3 is 2.38 bits per heavy atom. The monoisotopic (exact) mass is 359 g/mol. The molecule has 140 valence electrons. The van der Waals surface area contributed by atoms with E-state index < -0.39 is 10.0 Å². The van der Waals surface area contributed by atoms with Gasteiger partial charge in [0.15, 0.2) is 5.96 Å². The lowest BCUT2D eigenvalue weighted by molar-refractivity contribution is 0.0982. The molecule has 2 aliphatic rings. The molecule has 0 aromatic rings. The van der Waals surface area contributed by atoms with Crippen LogP contribution in [0.5, 0.6) is 0 Å². The second kappa shape index (κ2) is 8.49. The highest BCUT2D eigenvalue weighted by atomic mass is 32.2. The Balaban J connectivity index is 1.74.